The molecule has 36 heavy (non-hydrogen) atoms. The lowest BCUT2D eigenvalue weighted by Crippen LogP contribution is -2.50. The third kappa shape index (κ3) is 5.64. The number of hydrogen-bond donors (Lipinski definition) is 0. The molecule has 3 aromatic rings. The number of ether oxygens (including phenoxy) is 2. The van der Waals surface area contributed by atoms with Crippen LogP contribution in [0.3, 0.4) is 0 Å². The van der Waals surface area contributed by atoms with E-state index in [1.807, 2.05) is 57.4 Å². The first-order valence-electron chi connectivity index (χ1n) is 12.5. The summed E-state index contributed by atoms with van der Waals surface area (Å²) in [6.45, 7) is 13.4. The van der Waals surface area contributed by atoms with Crippen LogP contribution in [0.4, 0.5) is 10.6 Å². The highest BCUT2D eigenvalue weighted by Crippen LogP contribution is 2.30. The molecule has 4 rings (SSSR count). The maximum Gasteiger partial charge on any atom is 0.410 e. The van der Waals surface area contributed by atoms with Crippen LogP contribution in [0.15, 0.2) is 42.7 Å². The number of aromatic nitrogens is 2. The molecule has 0 bridgehead atoms. The number of carbonyl (C=O) groups is 2. The normalized spacial score (nSPS) is 14.4. The van der Waals surface area contributed by atoms with Gasteiger partial charge in [-0.3, -0.25) is 0 Å². The molecule has 0 aliphatic carbocycles. The molecule has 8 heteroatoms. The number of fused-ring (bicyclic) bond motifs is 1. The molecule has 1 amide bonds. The molecule has 0 N–H and O–H groups in total. The van der Waals surface area contributed by atoms with Crippen LogP contribution in [0.2, 0.25) is 0 Å². The molecule has 1 aromatic carbocycles. The SMILES string of the molecule is COC(=O)c1cc(-c2ccc(N3CCN(C(=O)OC(C)(C)C)CC3)nc2)cc2c1ccn2CC(C)C. The van der Waals surface area contributed by atoms with E-state index in [-0.39, 0.29) is 12.1 Å². The van der Waals surface area contributed by atoms with E-state index in [0.717, 1.165) is 34.4 Å². The van der Waals surface area contributed by atoms with Crippen molar-refractivity contribution < 1.29 is 19.1 Å². The van der Waals surface area contributed by atoms with Crippen molar-refractivity contribution >= 4 is 28.8 Å². The number of benzene rings is 1. The van der Waals surface area contributed by atoms with E-state index in [4.69, 9.17) is 14.5 Å². The van der Waals surface area contributed by atoms with Crippen molar-refractivity contribution in [3.05, 3.63) is 48.3 Å². The lowest BCUT2D eigenvalue weighted by Gasteiger charge is -2.36. The average molecular weight is 493 g/mol. The van der Waals surface area contributed by atoms with Crippen molar-refractivity contribution in [3.63, 3.8) is 0 Å². The Kier molecular flexibility index (Phi) is 7.24. The van der Waals surface area contributed by atoms with Gasteiger partial charge in [0.25, 0.3) is 0 Å². The van der Waals surface area contributed by atoms with Gasteiger partial charge in [0, 0.05) is 61.6 Å². The van der Waals surface area contributed by atoms with E-state index >= 15 is 0 Å². The standard InChI is InChI=1S/C28H36N4O4/c1-19(2)18-32-10-9-22-23(26(33)35-6)15-21(16-24(22)32)20-7-8-25(29-17-20)30-11-13-31(14-12-30)27(34)36-28(3,4)5/h7-10,15-17,19H,11-14,18H2,1-6H3. The largest absolute Gasteiger partial charge is 0.465 e. The Balaban J connectivity index is 1.54. The Labute approximate surface area is 212 Å². The Morgan fingerprint density at radius 2 is 1.75 bits per heavy atom. The van der Waals surface area contributed by atoms with Crippen LogP contribution in [0.25, 0.3) is 22.0 Å². The van der Waals surface area contributed by atoms with Gasteiger partial charge >= 0.3 is 12.1 Å². The summed E-state index contributed by atoms with van der Waals surface area (Å²) in [4.78, 5) is 33.5. The van der Waals surface area contributed by atoms with Crippen molar-refractivity contribution in [3.8, 4) is 11.1 Å². The molecule has 192 valence electrons. The van der Waals surface area contributed by atoms with Crippen LogP contribution in [0.5, 0.6) is 0 Å². The molecular weight excluding hydrogens is 456 g/mol. The highest BCUT2D eigenvalue weighted by molar-refractivity contribution is 6.06. The number of carbonyl (C=O) groups excluding carboxylic acids is 2. The summed E-state index contributed by atoms with van der Waals surface area (Å²) in [6.07, 6.45) is 3.59. The van der Waals surface area contributed by atoms with Gasteiger partial charge < -0.3 is 23.8 Å². The van der Waals surface area contributed by atoms with Gasteiger partial charge in [-0.25, -0.2) is 14.6 Å². The molecule has 0 radical (unpaired) electrons. The first kappa shape index (κ1) is 25.5. The minimum atomic E-state index is -0.501. The summed E-state index contributed by atoms with van der Waals surface area (Å²) >= 11 is 0. The second-order valence-electron chi connectivity index (χ2n) is 10.7. The fourth-order valence-electron chi connectivity index (χ4n) is 4.48. The van der Waals surface area contributed by atoms with Gasteiger partial charge in [0.05, 0.1) is 12.7 Å². The number of hydrogen-bond acceptors (Lipinski definition) is 6. The lowest BCUT2D eigenvalue weighted by atomic mass is 10.0. The Bertz CT molecular complexity index is 1230. The predicted molar refractivity (Wildman–Crippen MR) is 141 cm³/mol. The maximum absolute atomic E-state index is 12.6. The number of amides is 1. The molecule has 0 atom stereocenters. The first-order chi connectivity index (χ1) is 17.1. The predicted octanol–water partition coefficient (Wildman–Crippen LogP) is 5.20. The monoisotopic (exact) mass is 492 g/mol. The second kappa shape index (κ2) is 10.2. The average Bonchev–Trinajstić information content (AvgIpc) is 3.24. The van der Waals surface area contributed by atoms with Crippen LogP contribution in [-0.4, -0.2) is 65.4 Å². The van der Waals surface area contributed by atoms with Gasteiger partial charge in [0.1, 0.15) is 11.4 Å². The summed E-state index contributed by atoms with van der Waals surface area (Å²) in [5, 5.41) is 0.888. The van der Waals surface area contributed by atoms with Gasteiger partial charge in [0.2, 0.25) is 0 Å². The molecule has 0 saturated carbocycles. The first-order valence-corrected chi connectivity index (χ1v) is 12.5. The number of anilines is 1. The van der Waals surface area contributed by atoms with Crippen LogP contribution in [0.1, 0.15) is 45.0 Å². The quantitative estimate of drug-likeness (QED) is 0.456. The van der Waals surface area contributed by atoms with Crippen LogP contribution in [-0.2, 0) is 16.0 Å². The van der Waals surface area contributed by atoms with Gasteiger partial charge in [0.15, 0.2) is 0 Å². The van der Waals surface area contributed by atoms with Crippen LogP contribution >= 0.6 is 0 Å². The summed E-state index contributed by atoms with van der Waals surface area (Å²) in [7, 11) is 1.41. The molecule has 0 unspecified atom stereocenters. The fourth-order valence-corrected chi connectivity index (χ4v) is 4.48. The number of methoxy groups -OCH3 is 1. The van der Waals surface area contributed by atoms with E-state index in [1.165, 1.54) is 7.11 Å². The maximum atomic E-state index is 12.6. The number of pyridine rings is 1. The summed E-state index contributed by atoms with van der Waals surface area (Å²) < 4.78 is 12.7. The minimum absolute atomic E-state index is 0.274. The molecule has 1 fully saturated rings. The van der Waals surface area contributed by atoms with Gasteiger partial charge in [-0.2, -0.15) is 0 Å². The second-order valence-corrected chi connectivity index (χ2v) is 10.7. The smallest absolute Gasteiger partial charge is 0.410 e. The minimum Gasteiger partial charge on any atom is -0.465 e. The van der Waals surface area contributed by atoms with Crippen molar-refractivity contribution in [2.24, 2.45) is 5.92 Å². The van der Waals surface area contributed by atoms with E-state index < -0.39 is 5.60 Å². The molecular formula is C28H36N4O4. The zero-order valence-corrected chi connectivity index (χ0v) is 22.1. The fraction of sp³-hybridized carbons (Fsp3) is 0.464. The molecule has 1 saturated heterocycles. The van der Waals surface area contributed by atoms with Crippen molar-refractivity contribution in [1.29, 1.82) is 0 Å². The van der Waals surface area contributed by atoms with Crippen molar-refractivity contribution in [2.75, 3.05) is 38.2 Å². The highest BCUT2D eigenvalue weighted by Gasteiger charge is 2.26. The molecule has 1 aliphatic rings. The zero-order valence-electron chi connectivity index (χ0n) is 22.1. The van der Waals surface area contributed by atoms with E-state index in [9.17, 15) is 9.59 Å². The Hall–Kier alpha value is -3.55. The molecule has 0 spiro atoms. The van der Waals surface area contributed by atoms with E-state index in [0.29, 0.717) is 37.7 Å². The van der Waals surface area contributed by atoms with Crippen LogP contribution in [0, 0.1) is 5.92 Å². The van der Waals surface area contributed by atoms with Crippen molar-refractivity contribution in [2.45, 2.75) is 46.8 Å². The van der Waals surface area contributed by atoms with Crippen molar-refractivity contribution in [1.82, 2.24) is 14.5 Å². The van der Waals surface area contributed by atoms with Gasteiger partial charge in [-0.1, -0.05) is 13.8 Å². The summed E-state index contributed by atoms with van der Waals surface area (Å²) in [5.41, 5.74) is 2.90. The Morgan fingerprint density at radius 3 is 2.33 bits per heavy atom. The number of piperazine rings is 1. The lowest BCUT2D eigenvalue weighted by molar-refractivity contribution is 0.0240. The molecule has 3 heterocycles. The molecule has 2 aromatic heterocycles. The summed E-state index contributed by atoms with van der Waals surface area (Å²) in [5.74, 6) is 0.985. The molecule has 8 nitrogen and oxygen atoms in total. The third-order valence-electron chi connectivity index (χ3n) is 6.19. The Morgan fingerprint density at radius 1 is 1.03 bits per heavy atom. The van der Waals surface area contributed by atoms with Gasteiger partial charge in [-0.15, -0.1) is 0 Å². The van der Waals surface area contributed by atoms with E-state index in [2.05, 4.69) is 29.4 Å². The number of nitrogens with zero attached hydrogens (tertiary/aromatic N) is 4. The zero-order chi connectivity index (χ0) is 26.0. The highest BCUT2D eigenvalue weighted by atomic mass is 16.6. The van der Waals surface area contributed by atoms with Crippen LogP contribution < -0.4 is 4.90 Å². The van der Waals surface area contributed by atoms with Gasteiger partial charge in [-0.05, 0) is 62.6 Å². The molecule has 1 aliphatic heterocycles. The topological polar surface area (TPSA) is 76.9 Å². The summed E-state index contributed by atoms with van der Waals surface area (Å²) in [6, 6.07) is 9.99. The number of rotatable bonds is 5. The number of esters is 1. The third-order valence-corrected chi connectivity index (χ3v) is 6.19. The van der Waals surface area contributed by atoms with E-state index in [1.54, 1.807) is 4.90 Å².